The van der Waals surface area contributed by atoms with Gasteiger partial charge < -0.3 is 16.0 Å². The summed E-state index contributed by atoms with van der Waals surface area (Å²) < 4.78 is 0. The molecule has 0 fully saturated rings. The normalized spacial score (nSPS) is 12.5. The lowest BCUT2D eigenvalue weighted by Gasteiger charge is -2.26. The van der Waals surface area contributed by atoms with E-state index in [0.29, 0.717) is 5.96 Å². The van der Waals surface area contributed by atoms with Gasteiger partial charge >= 0.3 is 0 Å². The molecule has 0 aliphatic carbocycles. The van der Waals surface area contributed by atoms with Crippen LogP contribution in [-0.4, -0.2) is 44.6 Å². The number of unbranched alkanes of at least 4 members (excludes halogenated alkanes) is 1. The van der Waals surface area contributed by atoms with Crippen LogP contribution in [0.5, 0.6) is 0 Å². The van der Waals surface area contributed by atoms with Crippen LogP contribution in [0.25, 0.3) is 0 Å². The summed E-state index contributed by atoms with van der Waals surface area (Å²) in [5.74, 6) is 0.570. The average Bonchev–Trinajstić information content (AvgIpc) is 2.13. The van der Waals surface area contributed by atoms with Gasteiger partial charge in [0.25, 0.3) is 0 Å². The first-order chi connectivity index (χ1) is 7.37. The minimum absolute atomic E-state index is 0. The fraction of sp³-hybridized carbons (Fsp3) is 0.917. The molecule has 0 spiro atoms. The SMILES string of the molecule is CCCCNC(N)=NCC(C)(C)CN(C)C.I. The van der Waals surface area contributed by atoms with Crippen LogP contribution >= 0.6 is 24.0 Å². The molecular formula is C12H29IN4. The maximum Gasteiger partial charge on any atom is 0.188 e. The number of rotatable bonds is 7. The Balaban J connectivity index is 0. The van der Waals surface area contributed by atoms with Crippen molar-refractivity contribution in [1.82, 2.24) is 10.2 Å². The number of hydrogen-bond donors (Lipinski definition) is 2. The highest BCUT2D eigenvalue weighted by atomic mass is 127. The second-order valence-electron chi connectivity index (χ2n) is 5.38. The third-order valence-electron chi connectivity index (χ3n) is 2.26. The molecule has 0 aliphatic heterocycles. The van der Waals surface area contributed by atoms with Crippen LogP contribution in [0.4, 0.5) is 0 Å². The highest BCUT2D eigenvalue weighted by Gasteiger charge is 2.18. The van der Waals surface area contributed by atoms with Gasteiger partial charge in [-0.25, -0.2) is 0 Å². The van der Waals surface area contributed by atoms with Gasteiger partial charge in [-0.2, -0.15) is 0 Å². The van der Waals surface area contributed by atoms with Crippen molar-refractivity contribution in [3.05, 3.63) is 0 Å². The van der Waals surface area contributed by atoms with Gasteiger partial charge in [0.05, 0.1) is 0 Å². The summed E-state index contributed by atoms with van der Waals surface area (Å²) in [5.41, 5.74) is 5.94. The number of hydrogen-bond acceptors (Lipinski definition) is 2. The summed E-state index contributed by atoms with van der Waals surface area (Å²) in [7, 11) is 4.16. The van der Waals surface area contributed by atoms with Crippen LogP contribution < -0.4 is 11.1 Å². The summed E-state index contributed by atoms with van der Waals surface area (Å²) in [6.45, 7) is 9.26. The first kappa shape index (κ1) is 19.3. The van der Waals surface area contributed by atoms with Crippen molar-refractivity contribution >= 4 is 29.9 Å². The fourth-order valence-electron chi connectivity index (χ4n) is 1.65. The number of nitrogens with two attached hydrogens (primary N) is 1. The Morgan fingerprint density at radius 3 is 2.41 bits per heavy atom. The second-order valence-corrected chi connectivity index (χ2v) is 5.38. The van der Waals surface area contributed by atoms with E-state index < -0.39 is 0 Å². The van der Waals surface area contributed by atoms with Crippen LogP contribution in [-0.2, 0) is 0 Å². The van der Waals surface area contributed by atoms with Crippen LogP contribution in [0, 0.1) is 5.41 Å². The number of halogens is 1. The number of nitrogens with zero attached hydrogens (tertiary/aromatic N) is 2. The Bertz CT molecular complexity index is 215. The predicted octanol–water partition coefficient (Wildman–Crippen LogP) is 1.90. The summed E-state index contributed by atoms with van der Waals surface area (Å²) >= 11 is 0. The quantitative estimate of drug-likeness (QED) is 0.317. The Morgan fingerprint density at radius 1 is 1.35 bits per heavy atom. The Labute approximate surface area is 123 Å². The monoisotopic (exact) mass is 356 g/mol. The molecule has 0 aromatic heterocycles. The molecule has 0 saturated heterocycles. The van der Waals surface area contributed by atoms with E-state index in [4.69, 9.17) is 5.73 Å². The Hall–Kier alpha value is -0.0400. The van der Waals surface area contributed by atoms with Gasteiger partial charge in [0.1, 0.15) is 0 Å². The zero-order valence-corrected chi connectivity index (χ0v) is 14.2. The van der Waals surface area contributed by atoms with E-state index in [0.717, 1.165) is 26.1 Å². The predicted molar refractivity (Wildman–Crippen MR) is 87.2 cm³/mol. The molecule has 17 heavy (non-hydrogen) atoms. The van der Waals surface area contributed by atoms with Gasteiger partial charge in [0.2, 0.25) is 0 Å². The van der Waals surface area contributed by atoms with Crippen LogP contribution in [0.3, 0.4) is 0 Å². The summed E-state index contributed by atoms with van der Waals surface area (Å²) in [6, 6.07) is 0. The molecule has 0 unspecified atom stereocenters. The van der Waals surface area contributed by atoms with Crippen molar-refractivity contribution in [3.63, 3.8) is 0 Å². The molecule has 4 nitrogen and oxygen atoms in total. The van der Waals surface area contributed by atoms with Crippen LogP contribution in [0.2, 0.25) is 0 Å². The van der Waals surface area contributed by atoms with Gasteiger partial charge in [-0.15, -0.1) is 24.0 Å². The molecule has 0 bridgehead atoms. The molecule has 3 N–H and O–H groups in total. The standard InChI is InChI=1S/C12H28N4.HI/c1-6-7-8-14-11(13)15-9-12(2,3)10-16(4)5;/h6-10H2,1-5H3,(H3,13,14,15);1H. The second kappa shape index (κ2) is 9.94. The van der Waals surface area contributed by atoms with E-state index in [9.17, 15) is 0 Å². The average molecular weight is 356 g/mol. The Kier molecular flexibility index (Phi) is 11.3. The van der Waals surface area contributed by atoms with Gasteiger partial charge in [-0.3, -0.25) is 4.99 Å². The van der Waals surface area contributed by atoms with Gasteiger partial charge in [0, 0.05) is 19.6 Å². The summed E-state index contributed by atoms with van der Waals surface area (Å²) in [5, 5.41) is 3.12. The smallest absolute Gasteiger partial charge is 0.188 e. The molecule has 0 amide bonds. The highest BCUT2D eigenvalue weighted by Crippen LogP contribution is 2.15. The van der Waals surface area contributed by atoms with Gasteiger partial charge in [0.15, 0.2) is 5.96 Å². The molecule has 0 aromatic carbocycles. The minimum atomic E-state index is 0. The molecule has 0 heterocycles. The lowest BCUT2D eigenvalue weighted by atomic mass is 9.93. The van der Waals surface area contributed by atoms with E-state index in [-0.39, 0.29) is 29.4 Å². The van der Waals surface area contributed by atoms with Crippen LogP contribution in [0.1, 0.15) is 33.6 Å². The topological polar surface area (TPSA) is 53.6 Å². The highest BCUT2D eigenvalue weighted by molar-refractivity contribution is 14.0. The van der Waals surface area contributed by atoms with Crippen molar-refractivity contribution in [2.24, 2.45) is 16.1 Å². The molecule has 0 saturated carbocycles. The van der Waals surface area contributed by atoms with Gasteiger partial charge in [-0.05, 0) is 25.9 Å². The first-order valence-electron chi connectivity index (χ1n) is 6.06. The third kappa shape index (κ3) is 12.2. The van der Waals surface area contributed by atoms with Crippen molar-refractivity contribution < 1.29 is 0 Å². The van der Waals surface area contributed by atoms with Crippen molar-refractivity contribution in [1.29, 1.82) is 0 Å². The third-order valence-corrected chi connectivity index (χ3v) is 2.26. The molecule has 0 aliphatic rings. The first-order valence-corrected chi connectivity index (χ1v) is 6.06. The van der Waals surface area contributed by atoms with Crippen molar-refractivity contribution in [2.75, 3.05) is 33.7 Å². The maximum atomic E-state index is 5.78. The number of guanidine groups is 1. The zero-order valence-electron chi connectivity index (χ0n) is 11.9. The largest absolute Gasteiger partial charge is 0.370 e. The summed E-state index contributed by atoms with van der Waals surface area (Å²) in [6.07, 6.45) is 2.31. The fourth-order valence-corrected chi connectivity index (χ4v) is 1.65. The Morgan fingerprint density at radius 2 is 1.94 bits per heavy atom. The molecule has 5 heteroatoms. The van der Waals surface area contributed by atoms with Crippen molar-refractivity contribution in [2.45, 2.75) is 33.6 Å². The molecule has 104 valence electrons. The van der Waals surface area contributed by atoms with Crippen LogP contribution in [0.15, 0.2) is 4.99 Å². The molecule has 0 aromatic rings. The lowest BCUT2D eigenvalue weighted by molar-refractivity contribution is 0.249. The minimum Gasteiger partial charge on any atom is -0.370 e. The lowest BCUT2D eigenvalue weighted by Crippen LogP contribution is -2.36. The molecule has 0 radical (unpaired) electrons. The van der Waals surface area contributed by atoms with E-state index in [1.54, 1.807) is 0 Å². The van der Waals surface area contributed by atoms with E-state index in [1.807, 2.05) is 0 Å². The zero-order chi connectivity index (χ0) is 12.6. The molecule has 0 rings (SSSR count). The molecular weight excluding hydrogens is 327 g/mol. The van der Waals surface area contributed by atoms with E-state index >= 15 is 0 Å². The number of nitrogens with one attached hydrogen (secondary N) is 1. The van der Waals surface area contributed by atoms with Gasteiger partial charge in [-0.1, -0.05) is 27.2 Å². The van der Waals surface area contributed by atoms with E-state index in [1.165, 1.54) is 6.42 Å². The van der Waals surface area contributed by atoms with E-state index in [2.05, 4.69) is 50.1 Å². The maximum absolute atomic E-state index is 5.78. The summed E-state index contributed by atoms with van der Waals surface area (Å²) in [4.78, 5) is 6.55. The van der Waals surface area contributed by atoms with Crippen molar-refractivity contribution in [3.8, 4) is 0 Å². The molecule has 0 atom stereocenters. The number of aliphatic imine (C=N–C) groups is 1.